The minimum Gasteiger partial charge on any atom is -0.493 e. The first-order valence-corrected chi connectivity index (χ1v) is 8.09. The van der Waals surface area contributed by atoms with E-state index in [1.54, 1.807) is 46.6 Å². The summed E-state index contributed by atoms with van der Waals surface area (Å²) in [6, 6.07) is 11.2. The molecular weight excluding hydrogens is 346 g/mol. The first-order chi connectivity index (χ1) is 13.2. The van der Waals surface area contributed by atoms with Crippen LogP contribution in [0, 0.1) is 11.3 Å². The van der Waals surface area contributed by atoms with Gasteiger partial charge in [-0.25, -0.2) is 0 Å². The zero-order valence-corrected chi connectivity index (χ0v) is 15.5. The summed E-state index contributed by atoms with van der Waals surface area (Å²) >= 11 is 0. The molecular formula is C20H19N3O4. The molecule has 7 heteroatoms. The van der Waals surface area contributed by atoms with Gasteiger partial charge < -0.3 is 24.3 Å². The molecule has 3 aromatic rings. The number of nitrogens with zero attached hydrogens (tertiary/aromatic N) is 2. The van der Waals surface area contributed by atoms with Gasteiger partial charge >= 0.3 is 0 Å². The summed E-state index contributed by atoms with van der Waals surface area (Å²) in [6.07, 6.45) is 1.51. The zero-order valence-electron chi connectivity index (χ0n) is 15.5. The van der Waals surface area contributed by atoms with Gasteiger partial charge in [0.2, 0.25) is 0 Å². The third kappa shape index (κ3) is 3.25. The maximum Gasteiger partial charge on any atom is 0.187 e. The fourth-order valence-electron chi connectivity index (χ4n) is 2.86. The maximum absolute atomic E-state index is 9.54. The van der Waals surface area contributed by atoms with Crippen molar-refractivity contribution in [2.24, 2.45) is 0 Å². The number of methoxy groups -OCH3 is 4. The number of nitrogens with one attached hydrogen (secondary N) is 1. The van der Waals surface area contributed by atoms with E-state index in [0.29, 0.717) is 39.8 Å². The molecule has 3 rings (SSSR count). The summed E-state index contributed by atoms with van der Waals surface area (Å²) < 4.78 is 21.4. The van der Waals surface area contributed by atoms with Crippen molar-refractivity contribution in [2.45, 2.75) is 0 Å². The van der Waals surface area contributed by atoms with E-state index in [1.165, 1.54) is 6.20 Å². The van der Waals surface area contributed by atoms with Gasteiger partial charge in [0.25, 0.3) is 0 Å². The number of ether oxygens (including phenoxy) is 4. The highest BCUT2D eigenvalue weighted by Gasteiger charge is 2.16. The quantitative estimate of drug-likeness (QED) is 0.709. The smallest absolute Gasteiger partial charge is 0.187 e. The van der Waals surface area contributed by atoms with Crippen LogP contribution in [0.25, 0.3) is 10.9 Å². The lowest BCUT2D eigenvalue weighted by Crippen LogP contribution is -2.00. The average molecular weight is 365 g/mol. The van der Waals surface area contributed by atoms with Crippen LogP contribution in [-0.4, -0.2) is 33.4 Å². The van der Waals surface area contributed by atoms with Crippen LogP contribution in [0.1, 0.15) is 5.56 Å². The number of anilines is 2. The van der Waals surface area contributed by atoms with Gasteiger partial charge in [0.1, 0.15) is 11.6 Å². The minimum atomic E-state index is 0.407. The molecule has 0 radical (unpaired) electrons. The predicted molar refractivity (Wildman–Crippen MR) is 102 cm³/mol. The fraction of sp³-hybridized carbons (Fsp3) is 0.200. The molecule has 0 atom stereocenters. The minimum absolute atomic E-state index is 0.407. The Balaban J connectivity index is 2.17. The molecule has 7 nitrogen and oxygen atoms in total. The van der Waals surface area contributed by atoms with Gasteiger partial charge in [0.15, 0.2) is 23.0 Å². The van der Waals surface area contributed by atoms with Gasteiger partial charge in [-0.15, -0.1) is 0 Å². The summed E-state index contributed by atoms with van der Waals surface area (Å²) in [5, 5.41) is 13.6. The highest BCUT2D eigenvalue weighted by molar-refractivity contribution is 5.99. The van der Waals surface area contributed by atoms with Crippen LogP contribution >= 0.6 is 0 Å². The number of fused-ring (bicyclic) bond motifs is 1. The predicted octanol–water partition coefficient (Wildman–Crippen LogP) is 3.88. The summed E-state index contributed by atoms with van der Waals surface area (Å²) in [4.78, 5) is 4.38. The first-order valence-electron chi connectivity index (χ1n) is 8.09. The van der Waals surface area contributed by atoms with Crippen molar-refractivity contribution in [3.8, 4) is 29.1 Å². The Hall–Kier alpha value is -3.66. The number of hydrogen-bond donors (Lipinski definition) is 1. The van der Waals surface area contributed by atoms with E-state index in [-0.39, 0.29) is 0 Å². The SMILES string of the molecule is COc1ccc(Nc2c(C#N)cnc3c(OC)c(OC)ccc23)cc1OC. The van der Waals surface area contributed by atoms with E-state index < -0.39 is 0 Å². The summed E-state index contributed by atoms with van der Waals surface area (Å²) in [7, 11) is 6.27. The molecule has 1 aromatic heterocycles. The Morgan fingerprint density at radius 3 is 2.22 bits per heavy atom. The van der Waals surface area contributed by atoms with Crippen LogP contribution in [0.2, 0.25) is 0 Å². The molecule has 2 aromatic carbocycles. The summed E-state index contributed by atoms with van der Waals surface area (Å²) in [5.74, 6) is 2.28. The third-order valence-electron chi connectivity index (χ3n) is 4.15. The molecule has 0 unspecified atom stereocenters. The highest BCUT2D eigenvalue weighted by atomic mass is 16.5. The standard InChI is InChI=1S/C20H19N3O4/c1-24-15-7-5-13(9-17(15)26-3)23-18-12(10-21)11-22-19-14(18)6-8-16(25-2)20(19)27-4/h5-9,11H,1-4H3,(H,22,23). The molecule has 27 heavy (non-hydrogen) atoms. The molecule has 0 fully saturated rings. The summed E-state index contributed by atoms with van der Waals surface area (Å²) in [6.45, 7) is 0. The largest absolute Gasteiger partial charge is 0.493 e. The molecule has 0 aliphatic rings. The molecule has 0 amide bonds. The molecule has 0 aliphatic heterocycles. The lowest BCUT2D eigenvalue weighted by Gasteiger charge is -2.16. The first kappa shape index (κ1) is 18.1. The average Bonchev–Trinajstić information content (AvgIpc) is 2.72. The molecule has 0 saturated carbocycles. The van der Waals surface area contributed by atoms with Crippen molar-refractivity contribution in [1.82, 2.24) is 4.98 Å². The maximum atomic E-state index is 9.54. The fourth-order valence-corrected chi connectivity index (χ4v) is 2.86. The molecule has 1 heterocycles. The van der Waals surface area contributed by atoms with E-state index >= 15 is 0 Å². The monoisotopic (exact) mass is 365 g/mol. The van der Waals surface area contributed by atoms with Crippen LogP contribution in [0.15, 0.2) is 36.5 Å². The number of hydrogen-bond acceptors (Lipinski definition) is 7. The molecule has 1 N–H and O–H groups in total. The number of benzene rings is 2. The van der Waals surface area contributed by atoms with Crippen LogP contribution in [0.5, 0.6) is 23.0 Å². The van der Waals surface area contributed by atoms with E-state index in [4.69, 9.17) is 18.9 Å². The topological polar surface area (TPSA) is 85.6 Å². The Morgan fingerprint density at radius 1 is 0.889 bits per heavy atom. The zero-order chi connectivity index (χ0) is 19.4. The van der Waals surface area contributed by atoms with Gasteiger partial charge in [0.05, 0.1) is 39.7 Å². The third-order valence-corrected chi connectivity index (χ3v) is 4.15. The molecule has 0 aliphatic carbocycles. The Kier molecular flexibility index (Phi) is 5.18. The van der Waals surface area contributed by atoms with Gasteiger partial charge in [-0.3, -0.25) is 4.98 Å². The van der Waals surface area contributed by atoms with Crippen molar-refractivity contribution >= 4 is 22.3 Å². The van der Waals surface area contributed by atoms with Crippen molar-refractivity contribution in [2.75, 3.05) is 33.8 Å². The Labute approximate surface area is 157 Å². The normalized spacial score (nSPS) is 10.2. The molecule has 0 spiro atoms. The van der Waals surface area contributed by atoms with Crippen LogP contribution in [0.3, 0.4) is 0 Å². The molecule has 0 bridgehead atoms. The number of aromatic nitrogens is 1. The summed E-state index contributed by atoms with van der Waals surface area (Å²) in [5.41, 5.74) is 2.37. The number of pyridine rings is 1. The van der Waals surface area contributed by atoms with Gasteiger partial charge in [-0.1, -0.05) is 0 Å². The molecule has 0 saturated heterocycles. The van der Waals surface area contributed by atoms with E-state index in [9.17, 15) is 5.26 Å². The lowest BCUT2D eigenvalue weighted by molar-refractivity contribution is 0.355. The second-order valence-electron chi connectivity index (χ2n) is 5.55. The second kappa shape index (κ2) is 7.70. The number of nitriles is 1. The van der Waals surface area contributed by atoms with Gasteiger partial charge in [-0.2, -0.15) is 5.26 Å². The van der Waals surface area contributed by atoms with E-state index in [2.05, 4.69) is 16.4 Å². The van der Waals surface area contributed by atoms with E-state index in [1.807, 2.05) is 12.1 Å². The van der Waals surface area contributed by atoms with Crippen LogP contribution in [-0.2, 0) is 0 Å². The Morgan fingerprint density at radius 2 is 1.59 bits per heavy atom. The van der Waals surface area contributed by atoms with Crippen molar-refractivity contribution in [3.63, 3.8) is 0 Å². The van der Waals surface area contributed by atoms with Crippen molar-refractivity contribution in [1.29, 1.82) is 5.26 Å². The number of rotatable bonds is 6. The molecule has 138 valence electrons. The van der Waals surface area contributed by atoms with E-state index in [0.717, 1.165) is 11.1 Å². The Bertz CT molecular complexity index is 1030. The highest BCUT2D eigenvalue weighted by Crippen LogP contribution is 2.39. The van der Waals surface area contributed by atoms with Gasteiger partial charge in [0, 0.05) is 23.3 Å². The van der Waals surface area contributed by atoms with Gasteiger partial charge in [-0.05, 0) is 24.3 Å². The van der Waals surface area contributed by atoms with Crippen LogP contribution < -0.4 is 24.3 Å². The van der Waals surface area contributed by atoms with Crippen molar-refractivity contribution in [3.05, 3.63) is 42.1 Å². The second-order valence-corrected chi connectivity index (χ2v) is 5.55. The van der Waals surface area contributed by atoms with Crippen molar-refractivity contribution < 1.29 is 18.9 Å². The lowest BCUT2D eigenvalue weighted by atomic mass is 10.1. The van der Waals surface area contributed by atoms with Crippen LogP contribution in [0.4, 0.5) is 11.4 Å².